The number of esters is 1. The third-order valence-corrected chi connectivity index (χ3v) is 2.39. The Hall–Kier alpha value is -1.69. The van der Waals surface area contributed by atoms with Gasteiger partial charge in [-0.05, 0) is 24.6 Å². The van der Waals surface area contributed by atoms with Crippen molar-refractivity contribution in [3.63, 3.8) is 0 Å². The molecule has 1 rings (SSSR count). The third kappa shape index (κ3) is 3.16. The van der Waals surface area contributed by atoms with E-state index in [9.17, 15) is 13.6 Å². The van der Waals surface area contributed by atoms with Gasteiger partial charge in [-0.1, -0.05) is 6.07 Å². The second-order valence-electron chi connectivity index (χ2n) is 3.57. The maximum absolute atomic E-state index is 13.6. The largest absolute Gasteiger partial charge is 0.494 e. The fourth-order valence-corrected chi connectivity index (χ4v) is 1.43. The molecule has 0 saturated heterocycles. The van der Waals surface area contributed by atoms with Gasteiger partial charge >= 0.3 is 5.97 Å². The van der Waals surface area contributed by atoms with Gasteiger partial charge in [0.2, 0.25) is 6.17 Å². The summed E-state index contributed by atoms with van der Waals surface area (Å²) >= 11 is 0. The van der Waals surface area contributed by atoms with Crippen molar-refractivity contribution in [2.45, 2.75) is 19.1 Å². The van der Waals surface area contributed by atoms with Crippen molar-refractivity contribution in [2.24, 2.45) is 5.73 Å². The molecule has 0 aromatic heterocycles. The van der Waals surface area contributed by atoms with Crippen LogP contribution in [0.25, 0.3) is 0 Å². The zero-order valence-electron chi connectivity index (χ0n) is 10.2. The van der Waals surface area contributed by atoms with Crippen molar-refractivity contribution in [1.29, 1.82) is 0 Å². The van der Waals surface area contributed by atoms with E-state index in [0.29, 0.717) is 0 Å². The highest BCUT2D eigenvalue weighted by Crippen LogP contribution is 2.24. The van der Waals surface area contributed by atoms with Gasteiger partial charge < -0.3 is 15.2 Å². The summed E-state index contributed by atoms with van der Waals surface area (Å²) in [6, 6.07) is 2.49. The standard InChI is InChI=1S/C12H15F2NO3/c1-3-18-12(16)10(14)11(15)7-4-5-9(17-2)8(13)6-7/h4-6,10-11H,3,15H2,1-2H3/t10?,11-/m0/s1. The predicted octanol–water partition coefficient (Wildman–Crippen LogP) is 1.74. The Labute approximate surface area is 104 Å². The number of hydrogen-bond donors (Lipinski definition) is 1. The summed E-state index contributed by atoms with van der Waals surface area (Å²) in [7, 11) is 1.31. The summed E-state index contributed by atoms with van der Waals surface area (Å²) in [5, 5.41) is 0. The van der Waals surface area contributed by atoms with Gasteiger partial charge in [-0.25, -0.2) is 13.6 Å². The third-order valence-electron chi connectivity index (χ3n) is 2.39. The van der Waals surface area contributed by atoms with Crippen LogP contribution in [0, 0.1) is 5.82 Å². The van der Waals surface area contributed by atoms with Crippen molar-refractivity contribution in [1.82, 2.24) is 0 Å². The number of rotatable bonds is 5. The van der Waals surface area contributed by atoms with E-state index in [-0.39, 0.29) is 17.9 Å². The van der Waals surface area contributed by atoms with Gasteiger partial charge in [-0.15, -0.1) is 0 Å². The van der Waals surface area contributed by atoms with Gasteiger partial charge in [0.1, 0.15) is 0 Å². The zero-order chi connectivity index (χ0) is 13.7. The minimum absolute atomic E-state index is 0.0255. The average Bonchev–Trinajstić information content (AvgIpc) is 2.37. The summed E-state index contributed by atoms with van der Waals surface area (Å²) in [5.41, 5.74) is 5.71. The summed E-state index contributed by atoms with van der Waals surface area (Å²) in [6.45, 7) is 1.62. The molecule has 4 nitrogen and oxygen atoms in total. The first-order chi connectivity index (χ1) is 8.51. The number of alkyl halides is 1. The van der Waals surface area contributed by atoms with Crippen LogP contribution in [0.1, 0.15) is 18.5 Å². The van der Waals surface area contributed by atoms with Gasteiger partial charge in [-0.2, -0.15) is 0 Å². The molecule has 2 atom stereocenters. The topological polar surface area (TPSA) is 61.5 Å². The number of hydrogen-bond acceptors (Lipinski definition) is 4. The highest BCUT2D eigenvalue weighted by atomic mass is 19.1. The number of halogens is 2. The quantitative estimate of drug-likeness (QED) is 0.818. The molecule has 1 unspecified atom stereocenters. The number of methoxy groups -OCH3 is 1. The molecule has 100 valence electrons. The normalized spacial score (nSPS) is 13.8. The molecular formula is C12H15F2NO3. The summed E-state index contributed by atoms with van der Waals surface area (Å²) in [4.78, 5) is 11.2. The highest BCUT2D eigenvalue weighted by Gasteiger charge is 2.28. The molecule has 0 spiro atoms. The van der Waals surface area contributed by atoms with Crippen LogP contribution in [0.3, 0.4) is 0 Å². The van der Waals surface area contributed by atoms with Crippen LogP contribution in [0.2, 0.25) is 0 Å². The zero-order valence-corrected chi connectivity index (χ0v) is 10.2. The van der Waals surface area contributed by atoms with Gasteiger partial charge in [0.05, 0.1) is 19.8 Å². The molecule has 0 aliphatic rings. The van der Waals surface area contributed by atoms with E-state index in [0.717, 1.165) is 6.07 Å². The molecule has 1 aromatic carbocycles. The fourth-order valence-electron chi connectivity index (χ4n) is 1.43. The van der Waals surface area contributed by atoms with E-state index in [1.54, 1.807) is 6.92 Å². The van der Waals surface area contributed by atoms with Gasteiger partial charge in [0.25, 0.3) is 0 Å². The summed E-state index contributed by atoms with van der Waals surface area (Å²) in [6.07, 6.45) is -2.03. The average molecular weight is 259 g/mol. The van der Waals surface area contributed by atoms with E-state index < -0.39 is 24.0 Å². The Morgan fingerprint density at radius 1 is 1.50 bits per heavy atom. The molecule has 0 amide bonds. The lowest BCUT2D eigenvalue weighted by Crippen LogP contribution is -2.31. The minimum Gasteiger partial charge on any atom is -0.494 e. The lowest BCUT2D eigenvalue weighted by atomic mass is 10.0. The predicted molar refractivity (Wildman–Crippen MR) is 61.4 cm³/mol. The van der Waals surface area contributed by atoms with E-state index in [1.165, 1.54) is 19.2 Å². The number of carbonyl (C=O) groups is 1. The van der Waals surface area contributed by atoms with Crippen molar-refractivity contribution in [3.8, 4) is 5.75 Å². The van der Waals surface area contributed by atoms with E-state index >= 15 is 0 Å². The van der Waals surface area contributed by atoms with Crippen LogP contribution in [-0.2, 0) is 9.53 Å². The van der Waals surface area contributed by atoms with Crippen LogP contribution < -0.4 is 10.5 Å². The second-order valence-corrected chi connectivity index (χ2v) is 3.57. The molecule has 0 radical (unpaired) electrons. The maximum atomic E-state index is 13.6. The Balaban J connectivity index is 2.86. The summed E-state index contributed by atoms with van der Waals surface area (Å²) in [5.74, 6) is -1.69. The van der Waals surface area contributed by atoms with Crippen LogP contribution in [0.4, 0.5) is 8.78 Å². The van der Waals surface area contributed by atoms with Gasteiger partial charge in [0.15, 0.2) is 11.6 Å². The van der Waals surface area contributed by atoms with Crippen LogP contribution in [-0.4, -0.2) is 25.9 Å². The Morgan fingerprint density at radius 3 is 2.67 bits per heavy atom. The fraction of sp³-hybridized carbons (Fsp3) is 0.417. The van der Waals surface area contributed by atoms with E-state index in [1.807, 2.05) is 0 Å². The van der Waals surface area contributed by atoms with Gasteiger partial charge in [-0.3, -0.25) is 0 Å². The first kappa shape index (κ1) is 14.4. The molecule has 2 N–H and O–H groups in total. The highest BCUT2D eigenvalue weighted by molar-refractivity contribution is 5.75. The number of ether oxygens (including phenoxy) is 2. The Bertz CT molecular complexity index is 426. The summed E-state index contributed by atoms with van der Waals surface area (Å²) < 4.78 is 36.3. The smallest absolute Gasteiger partial charge is 0.342 e. The first-order valence-electron chi connectivity index (χ1n) is 5.41. The maximum Gasteiger partial charge on any atom is 0.342 e. The number of nitrogens with two attached hydrogens (primary N) is 1. The number of carbonyl (C=O) groups excluding carboxylic acids is 1. The molecule has 0 saturated carbocycles. The van der Waals surface area contributed by atoms with Crippen LogP contribution in [0.15, 0.2) is 18.2 Å². The van der Waals surface area contributed by atoms with Crippen molar-refractivity contribution < 1.29 is 23.0 Å². The SMILES string of the molecule is CCOC(=O)C(F)[C@@H](N)c1ccc(OC)c(F)c1. The second kappa shape index (κ2) is 6.30. The van der Waals surface area contributed by atoms with Crippen molar-refractivity contribution in [3.05, 3.63) is 29.6 Å². The molecule has 0 fully saturated rings. The molecule has 0 aliphatic heterocycles. The first-order valence-corrected chi connectivity index (χ1v) is 5.41. The van der Waals surface area contributed by atoms with Crippen molar-refractivity contribution >= 4 is 5.97 Å². The molecule has 0 aliphatic carbocycles. The van der Waals surface area contributed by atoms with E-state index in [2.05, 4.69) is 4.74 Å². The molecule has 18 heavy (non-hydrogen) atoms. The Kier molecular flexibility index (Phi) is 5.03. The molecular weight excluding hydrogens is 244 g/mol. The monoisotopic (exact) mass is 259 g/mol. The van der Waals surface area contributed by atoms with E-state index in [4.69, 9.17) is 10.5 Å². The minimum atomic E-state index is -2.03. The Morgan fingerprint density at radius 2 is 2.17 bits per heavy atom. The van der Waals surface area contributed by atoms with Crippen LogP contribution in [0.5, 0.6) is 5.75 Å². The molecule has 0 heterocycles. The van der Waals surface area contributed by atoms with Crippen molar-refractivity contribution in [2.75, 3.05) is 13.7 Å². The van der Waals surface area contributed by atoms with Crippen LogP contribution >= 0.6 is 0 Å². The molecule has 6 heteroatoms. The van der Waals surface area contributed by atoms with Gasteiger partial charge in [0, 0.05) is 0 Å². The lowest BCUT2D eigenvalue weighted by molar-refractivity contribution is -0.149. The number of benzene rings is 1. The lowest BCUT2D eigenvalue weighted by Gasteiger charge is -2.16. The molecule has 1 aromatic rings. The molecule has 0 bridgehead atoms.